The topological polar surface area (TPSA) is 35.2 Å². The summed E-state index contributed by atoms with van der Waals surface area (Å²) < 4.78 is 5.18. The number of hydrogen-bond donors (Lipinski definition) is 1. The summed E-state index contributed by atoms with van der Waals surface area (Å²) >= 11 is 6.01. The molecule has 0 saturated heterocycles. The Hall–Kier alpha value is -0.730. The molecule has 1 aromatic rings. The van der Waals surface area contributed by atoms with Crippen LogP contribution < -0.4 is 10.5 Å². The van der Waals surface area contributed by atoms with Crippen LogP contribution in [0.4, 0.5) is 0 Å². The molecule has 1 atom stereocenters. The second-order valence-electron chi connectivity index (χ2n) is 3.12. The monoisotopic (exact) mass is 199 g/mol. The normalized spacial score (nSPS) is 12.7. The highest BCUT2D eigenvalue weighted by atomic mass is 35.5. The summed E-state index contributed by atoms with van der Waals surface area (Å²) in [5.41, 5.74) is 7.69. The van der Waals surface area contributed by atoms with Crippen molar-refractivity contribution < 1.29 is 4.74 Å². The molecule has 0 aliphatic carbocycles. The van der Waals surface area contributed by atoms with Crippen LogP contribution in [0, 0.1) is 6.92 Å². The number of methoxy groups -OCH3 is 1. The van der Waals surface area contributed by atoms with Gasteiger partial charge in [0.25, 0.3) is 0 Å². The molecule has 0 saturated carbocycles. The largest absolute Gasteiger partial charge is 0.496 e. The fourth-order valence-corrected chi connectivity index (χ4v) is 1.37. The molecule has 2 nitrogen and oxygen atoms in total. The van der Waals surface area contributed by atoms with Gasteiger partial charge in [0.2, 0.25) is 0 Å². The van der Waals surface area contributed by atoms with Crippen molar-refractivity contribution in [2.75, 3.05) is 7.11 Å². The molecule has 0 aliphatic rings. The van der Waals surface area contributed by atoms with Crippen molar-refractivity contribution >= 4 is 11.6 Å². The van der Waals surface area contributed by atoms with E-state index < -0.39 is 0 Å². The van der Waals surface area contributed by atoms with Crippen molar-refractivity contribution in [1.82, 2.24) is 0 Å². The molecule has 2 N–H and O–H groups in total. The van der Waals surface area contributed by atoms with E-state index in [-0.39, 0.29) is 6.04 Å². The fraction of sp³-hybridized carbons (Fsp3) is 0.400. The predicted molar refractivity (Wildman–Crippen MR) is 55.3 cm³/mol. The Morgan fingerprint density at radius 3 is 2.54 bits per heavy atom. The predicted octanol–water partition coefficient (Wildman–Crippen LogP) is 2.68. The number of nitrogens with two attached hydrogens (primary N) is 1. The lowest BCUT2D eigenvalue weighted by Crippen LogP contribution is -2.05. The van der Waals surface area contributed by atoms with Gasteiger partial charge in [-0.1, -0.05) is 11.6 Å². The molecule has 72 valence electrons. The Balaban J connectivity index is 3.22. The van der Waals surface area contributed by atoms with Gasteiger partial charge in [-0.3, -0.25) is 0 Å². The van der Waals surface area contributed by atoms with Gasteiger partial charge in [-0.15, -0.1) is 0 Å². The van der Waals surface area contributed by atoms with Crippen LogP contribution in [0.5, 0.6) is 5.75 Å². The molecule has 1 rings (SSSR count). The van der Waals surface area contributed by atoms with Crippen molar-refractivity contribution in [3.05, 3.63) is 28.3 Å². The summed E-state index contributed by atoms with van der Waals surface area (Å²) in [5, 5.41) is 0.701. The van der Waals surface area contributed by atoms with Crippen LogP contribution in [0.25, 0.3) is 0 Å². The van der Waals surface area contributed by atoms with E-state index in [1.165, 1.54) is 0 Å². The summed E-state index contributed by atoms with van der Waals surface area (Å²) in [5.74, 6) is 0.791. The lowest BCUT2D eigenvalue weighted by molar-refractivity contribution is 0.411. The second kappa shape index (κ2) is 3.99. The number of halogens is 1. The summed E-state index contributed by atoms with van der Waals surface area (Å²) in [6.45, 7) is 3.84. The van der Waals surface area contributed by atoms with Crippen molar-refractivity contribution in [3.8, 4) is 5.75 Å². The first-order chi connectivity index (χ1) is 6.06. The minimum Gasteiger partial charge on any atom is -0.496 e. The number of benzene rings is 1. The van der Waals surface area contributed by atoms with E-state index in [0.717, 1.165) is 16.9 Å². The highest BCUT2D eigenvalue weighted by molar-refractivity contribution is 6.31. The standard InChI is InChI=1S/C10H14ClNO/c1-6-9(11)4-8(7(2)12)5-10(6)13-3/h4-5,7H,12H2,1-3H3. The maximum Gasteiger partial charge on any atom is 0.123 e. The maximum absolute atomic E-state index is 6.01. The second-order valence-corrected chi connectivity index (χ2v) is 3.53. The third kappa shape index (κ3) is 2.14. The van der Waals surface area contributed by atoms with Crippen LogP contribution in [0.15, 0.2) is 12.1 Å². The lowest BCUT2D eigenvalue weighted by Gasteiger charge is -2.11. The zero-order valence-corrected chi connectivity index (χ0v) is 8.85. The third-order valence-corrected chi connectivity index (χ3v) is 2.46. The van der Waals surface area contributed by atoms with E-state index in [1.54, 1.807) is 7.11 Å². The molecule has 0 fully saturated rings. The van der Waals surface area contributed by atoms with E-state index in [1.807, 2.05) is 26.0 Å². The number of hydrogen-bond acceptors (Lipinski definition) is 2. The third-order valence-electron chi connectivity index (χ3n) is 2.06. The highest BCUT2D eigenvalue weighted by Gasteiger charge is 2.08. The Morgan fingerprint density at radius 1 is 1.46 bits per heavy atom. The Morgan fingerprint density at radius 2 is 2.08 bits per heavy atom. The summed E-state index contributed by atoms with van der Waals surface area (Å²) in [4.78, 5) is 0. The molecule has 0 spiro atoms. The van der Waals surface area contributed by atoms with E-state index in [0.29, 0.717) is 5.02 Å². The molecule has 0 radical (unpaired) electrons. The zero-order chi connectivity index (χ0) is 10.0. The molecule has 13 heavy (non-hydrogen) atoms. The summed E-state index contributed by atoms with van der Waals surface area (Å²) in [6.07, 6.45) is 0. The number of ether oxygens (including phenoxy) is 1. The molecule has 1 aromatic carbocycles. The highest BCUT2D eigenvalue weighted by Crippen LogP contribution is 2.29. The van der Waals surface area contributed by atoms with Gasteiger partial charge in [0.15, 0.2) is 0 Å². The molecule has 0 aromatic heterocycles. The molecule has 3 heteroatoms. The maximum atomic E-state index is 6.01. The minimum atomic E-state index is -0.0213. The quantitative estimate of drug-likeness (QED) is 0.795. The smallest absolute Gasteiger partial charge is 0.123 e. The average molecular weight is 200 g/mol. The molecule has 0 bridgehead atoms. The van der Waals surface area contributed by atoms with E-state index in [2.05, 4.69) is 0 Å². The van der Waals surface area contributed by atoms with E-state index in [4.69, 9.17) is 22.1 Å². The Kier molecular flexibility index (Phi) is 3.17. The van der Waals surface area contributed by atoms with Crippen molar-refractivity contribution in [2.24, 2.45) is 5.73 Å². The molecular formula is C10H14ClNO. The summed E-state index contributed by atoms with van der Waals surface area (Å²) in [6, 6.07) is 3.78. The first kappa shape index (κ1) is 10.4. The number of rotatable bonds is 2. The van der Waals surface area contributed by atoms with Crippen LogP contribution in [0.2, 0.25) is 5.02 Å². The van der Waals surface area contributed by atoms with E-state index >= 15 is 0 Å². The van der Waals surface area contributed by atoms with Gasteiger partial charge >= 0.3 is 0 Å². The summed E-state index contributed by atoms with van der Waals surface area (Å²) in [7, 11) is 1.63. The molecule has 1 unspecified atom stereocenters. The van der Waals surface area contributed by atoms with Crippen LogP contribution in [-0.4, -0.2) is 7.11 Å². The Labute approximate surface area is 83.6 Å². The van der Waals surface area contributed by atoms with Crippen molar-refractivity contribution in [2.45, 2.75) is 19.9 Å². The van der Waals surface area contributed by atoms with Gasteiger partial charge in [0.1, 0.15) is 5.75 Å². The van der Waals surface area contributed by atoms with Crippen molar-refractivity contribution in [1.29, 1.82) is 0 Å². The van der Waals surface area contributed by atoms with Crippen LogP contribution in [0.1, 0.15) is 24.1 Å². The van der Waals surface area contributed by atoms with Gasteiger partial charge in [-0.25, -0.2) is 0 Å². The van der Waals surface area contributed by atoms with Crippen molar-refractivity contribution in [3.63, 3.8) is 0 Å². The van der Waals surface area contributed by atoms with Gasteiger partial charge in [-0.2, -0.15) is 0 Å². The first-order valence-corrected chi connectivity index (χ1v) is 4.53. The first-order valence-electron chi connectivity index (χ1n) is 4.16. The molecular weight excluding hydrogens is 186 g/mol. The minimum absolute atomic E-state index is 0.0213. The lowest BCUT2D eigenvalue weighted by atomic mass is 10.1. The zero-order valence-electron chi connectivity index (χ0n) is 8.10. The fourth-order valence-electron chi connectivity index (χ4n) is 1.15. The van der Waals surface area contributed by atoms with Gasteiger partial charge in [0.05, 0.1) is 7.11 Å². The molecule has 0 aliphatic heterocycles. The van der Waals surface area contributed by atoms with Gasteiger partial charge in [-0.05, 0) is 31.5 Å². The van der Waals surface area contributed by atoms with Crippen LogP contribution in [-0.2, 0) is 0 Å². The van der Waals surface area contributed by atoms with Gasteiger partial charge in [0, 0.05) is 16.6 Å². The average Bonchev–Trinajstić information content (AvgIpc) is 2.09. The van der Waals surface area contributed by atoms with Gasteiger partial charge < -0.3 is 10.5 Å². The molecule has 0 heterocycles. The SMILES string of the molecule is COc1cc(C(C)N)cc(Cl)c1C. The molecule has 0 amide bonds. The van der Waals surface area contributed by atoms with Crippen LogP contribution in [0.3, 0.4) is 0 Å². The van der Waals surface area contributed by atoms with E-state index in [9.17, 15) is 0 Å². The Bertz CT molecular complexity index is 310. The van der Waals surface area contributed by atoms with Crippen LogP contribution >= 0.6 is 11.6 Å².